The number of anilines is 1. The first-order valence-electron chi connectivity index (χ1n) is 10.1. The topological polar surface area (TPSA) is 116 Å². The van der Waals surface area contributed by atoms with Crippen LogP contribution in [0.2, 0.25) is 0 Å². The Morgan fingerprint density at radius 1 is 1.31 bits per heavy atom. The maximum absolute atomic E-state index is 12.9. The molecule has 0 radical (unpaired) electrons. The van der Waals surface area contributed by atoms with E-state index in [0.29, 0.717) is 33.9 Å². The Morgan fingerprint density at radius 3 is 2.75 bits per heavy atom. The van der Waals surface area contributed by atoms with Gasteiger partial charge in [-0.2, -0.15) is 0 Å². The summed E-state index contributed by atoms with van der Waals surface area (Å²) < 4.78 is 6.69. The zero-order valence-corrected chi connectivity index (χ0v) is 18.9. The monoisotopic (exact) mass is 456 g/mol. The standard InChI is InChI=1S/C22H24N4O5S/c1-4-5-10-25-21(28)15-8-6-7-9-16(15)24-22(25)32-13-20(27)23-17-12-19(31-3)18(26(29)30)11-14(17)2/h6-9,11-12H,4-5,10,13H2,1-3H3,(H,23,27). The molecule has 1 aromatic heterocycles. The van der Waals surface area contributed by atoms with Gasteiger partial charge in [0.25, 0.3) is 5.56 Å². The first-order chi connectivity index (χ1) is 15.3. The molecule has 10 heteroatoms. The lowest BCUT2D eigenvalue weighted by Crippen LogP contribution is -2.24. The van der Waals surface area contributed by atoms with Gasteiger partial charge in [-0.1, -0.05) is 37.2 Å². The van der Waals surface area contributed by atoms with E-state index < -0.39 is 4.92 Å². The Hall–Kier alpha value is -3.40. The molecule has 0 aliphatic carbocycles. The molecule has 0 bridgehead atoms. The van der Waals surface area contributed by atoms with E-state index in [9.17, 15) is 19.7 Å². The average molecular weight is 457 g/mol. The number of para-hydroxylation sites is 1. The van der Waals surface area contributed by atoms with Crippen molar-refractivity contribution in [3.8, 4) is 5.75 Å². The fourth-order valence-corrected chi connectivity index (χ4v) is 4.03. The van der Waals surface area contributed by atoms with Gasteiger partial charge in [-0.3, -0.25) is 24.3 Å². The third kappa shape index (κ3) is 5.08. The maximum Gasteiger partial charge on any atom is 0.311 e. The second-order valence-electron chi connectivity index (χ2n) is 7.15. The lowest BCUT2D eigenvalue weighted by Gasteiger charge is -2.13. The van der Waals surface area contributed by atoms with Crippen molar-refractivity contribution in [3.63, 3.8) is 0 Å². The van der Waals surface area contributed by atoms with Crippen molar-refractivity contribution in [3.05, 3.63) is 62.4 Å². The van der Waals surface area contributed by atoms with Gasteiger partial charge in [0.05, 0.1) is 28.7 Å². The molecule has 0 saturated carbocycles. The van der Waals surface area contributed by atoms with Crippen molar-refractivity contribution in [2.24, 2.45) is 0 Å². The van der Waals surface area contributed by atoms with Crippen LogP contribution in [0.1, 0.15) is 25.3 Å². The number of methoxy groups -OCH3 is 1. The van der Waals surface area contributed by atoms with Crippen LogP contribution in [0.5, 0.6) is 5.75 Å². The number of nitrogens with zero attached hydrogens (tertiary/aromatic N) is 3. The van der Waals surface area contributed by atoms with Crippen molar-refractivity contribution in [1.82, 2.24) is 9.55 Å². The summed E-state index contributed by atoms with van der Waals surface area (Å²) in [5.41, 5.74) is 1.26. The van der Waals surface area contributed by atoms with Gasteiger partial charge >= 0.3 is 5.69 Å². The number of carbonyl (C=O) groups is 1. The number of hydrogen-bond donors (Lipinski definition) is 1. The van der Waals surface area contributed by atoms with Gasteiger partial charge in [0.1, 0.15) is 0 Å². The molecule has 0 spiro atoms. The Balaban J connectivity index is 1.82. The molecule has 3 aromatic rings. The number of aryl methyl sites for hydroxylation is 1. The number of fused-ring (bicyclic) bond motifs is 1. The third-order valence-electron chi connectivity index (χ3n) is 4.89. The number of carbonyl (C=O) groups excluding carboxylic acids is 1. The third-order valence-corrected chi connectivity index (χ3v) is 5.87. The van der Waals surface area contributed by atoms with Gasteiger partial charge in [-0.15, -0.1) is 0 Å². The first kappa shape index (κ1) is 23.3. The molecule has 2 aromatic carbocycles. The lowest BCUT2D eigenvalue weighted by molar-refractivity contribution is -0.385. The molecule has 0 atom stereocenters. The summed E-state index contributed by atoms with van der Waals surface area (Å²) in [7, 11) is 1.33. The number of rotatable bonds is 9. The summed E-state index contributed by atoms with van der Waals surface area (Å²) in [6, 6.07) is 9.93. The summed E-state index contributed by atoms with van der Waals surface area (Å²) in [6.45, 7) is 4.23. The molecule has 1 heterocycles. The Labute approximate surface area is 189 Å². The molecule has 9 nitrogen and oxygen atoms in total. The molecule has 0 saturated heterocycles. The van der Waals surface area contributed by atoms with Crippen LogP contribution in [0.4, 0.5) is 11.4 Å². The molecule has 0 aliphatic heterocycles. The molecule has 168 valence electrons. The zero-order valence-electron chi connectivity index (χ0n) is 18.1. The molecular formula is C22H24N4O5S. The van der Waals surface area contributed by atoms with E-state index in [1.54, 1.807) is 29.7 Å². The van der Waals surface area contributed by atoms with Gasteiger partial charge in [-0.05, 0) is 31.0 Å². The van der Waals surface area contributed by atoms with Crippen LogP contribution < -0.4 is 15.6 Å². The quantitative estimate of drug-likeness (QED) is 0.222. The highest BCUT2D eigenvalue weighted by atomic mass is 32.2. The van der Waals surface area contributed by atoms with Gasteiger partial charge in [-0.25, -0.2) is 4.98 Å². The Kier molecular flexibility index (Phi) is 7.47. The first-order valence-corrected chi connectivity index (χ1v) is 11.1. The molecule has 0 aliphatic rings. The van der Waals surface area contributed by atoms with Crippen molar-refractivity contribution >= 4 is 39.9 Å². The number of nitrogens with one attached hydrogen (secondary N) is 1. The van der Waals surface area contributed by atoms with Gasteiger partial charge < -0.3 is 10.1 Å². The highest BCUT2D eigenvalue weighted by Crippen LogP contribution is 2.33. The van der Waals surface area contributed by atoms with Crippen LogP contribution in [0.15, 0.2) is 46.3 Å². The Morgan fingerprint density at radius 2 is 2.06 bits per heavy atom. The highest BCUT2D eigenvalue weighted by molar-refractivity contribution is 7.99. The van der Waals surface area contributed by atoms with E-state index in [1.165, 1.54) is 31.0 Å². The van der Waals surface area contributed by atoms with E-state index in [-0.39, 0.29) is 28.7 Å². The summed E-state index contributed by atoms with van der Waals surface area (Å²) in [6.07, 6.45) is 1.74. The minimum Gasteiger partial charge on any atom is -0.490 e. The van der Waals surface area contributed by atoms with Gasteiger partial charge in [0.15, 0.2) is 10.9 Å². The van der Waals surface area contributed by atoms with Crippen LogP contribution in [0.3, 0.4) is 0 Å². The number of nitro groups is 1. The van der Waals surface area contributed by atoms with E-state index >= 15 is 0 Å². The van der Waals surface area contributed by atoms with Crippen LogP contribution in [-0.2, 0) is 11.3 Å². The lowest BCUT2D eigenvalue weighted by atomic mass is 10.1. The summed E-state index contributed by atoms with van der Waals surface area (Å²) in [4.78, 5) is 40.8. The van der Waals surface area contributed by atoms with Crippen LogP contribution in [-0.4, -0.2) is 33.2 Å². The normalized spacial score (nSPS) is 10.8. The fraction of sp³-hybridized carbons (Fsp3) is 0.318. The molecular weight excluding hydrogens is 432 g/mol. The molecule has 0 fully saturated rings. The number of nitro benzene ring substituents is 1. The Bertz CT molecular complexity index is 1220. The number of aromatic nitrogens is 2. The van der Waals surface area contributed by atoms with Crippen LogP contribution in [0, 0.1) is 17.0 Å². The van der Waals surface area contributed by atoms with Gasteiger partial charge in [0.2, 0.25) is 5.91 Å². The predicted octanol–water partition coefficient (Wildman–Crippen LogP) is 4.15. The number of hydrogen-bond acceptors (Lipinski definition) is 7. The fourth-order valence-electron chi connectivity index (χ4n) is 3.20. The molecule has 32 heavy (non-hydrogen) atoms. The van der Waals surface area contributed by atoms with Crippen LogP contribution >= 0.6 is 11.8 Å². The number of thioether (sulfide) groups is 1. The molecule has 1 N–H and O–H groups in total. The smallest absolute Gasteiger partial charge is 0.311 e. The minimum atomic E-state index is -0.533. The van der Waals surface area contributed by atoms with Gasteiger partial charge in [0, 0.05) is 24.4 Å². The largest absolute Gasteiger partial charge is 0.490 e. The van der Waals surface area contributed by atoms with Crippen molar-refractivity contribution in [2.45, 2.75) is 38.4 Å². The zero-order chi connectivity index (χ0) is 23.3. The van der Waals surface area contributed by atoms with E-state index in [0.717, 1.165) is 12.8 Å². The molecule has 1 amide bonds. The molecule has 3 rings (SSSR count). The number of ether oxygens (including phenoxy) is 1. The van der Waals surface area contributed by atoms with Crippen molar-refractivity contribution in [1.29, 1.82) is 0 Å². The van der Waals surface area contributed by atoms with E-state index in [2.05, 4.69) is 10.3 Å². The maximum atomic E-state index is 12.9. The minimum absolute atomic E-state index is 0.0235. The summed E-state index contributed by atoms with van der Waals surface area (Å²) in [5.74, 6) is -0.234. The molecule has 0 unspecified atom stereocenters. The van der Waals surface area contributed by atoms with Crippen molar-refractivity contribution in [2.75, 3.05) is 18.2 Å². The second-order valence-corrected chi connectivity index (χ2v) is 8.10. The summed E-state index contributed by atoms with van der Waals surface area (Å²) in [5, 5.41) is 14.9. The average Bonchev–Trinajstić information content (AvgIpc) is 2.78. The number of unbranched alkanes of at least 4 members (excludes halogenated alkanes) is 1. The SMILES string of the molecule is CCCCn1c(SCC(=O)Nc2cc(OC)c([N+](=O)[O-])cc2C)nc2ccccc2c1=O. The van der Waals surface area contributed by atoms with E-state index in [4.69, 9.17) is 4.74 Å². The van der Waals surface area contributed by atoms with E-state index in [1.807, 2.05) is 13.0 Å². The van der Waals surface area contributed by atoms with Crippen LogP contribution in [0.25, 0.3) is 10.9 Å². The number of amides is 1. The number of benzene rings is 2. The highest BCUT2D eigenvalue weighted by Gasteiger charge is 2.19. The predicted molar refractivity (Wildman–Crippen MR) is 125 cm³/mol. The second kappa shape index (κ2) is 10.3. The summed E-state index contributed by atoms with van der Waals surface area (Å²) >= 11 is 1.18. The van der Waals surface area contributed by atoms with Crippen molar-refractivity contribution < 1.29 is 14.5 Å².